The van der Waals surface area contributed by atoms with Gasteiger partial charge < -0.3 is 59.8 Å². The number of aliphatic hydroxyl groups is 8. The van der Waals surface area contributed by atoms with Gasteiger partial charge in [-0.3, -0.25) is 9.59 Å². The highest BCUT2D eigenvalue weighted by Crippen LogP contribution is 2.43. The molecule has 66 heavy (non-hydrogen) atoms. The van der Waals surface area contributed by atoms with E-state index in [1.165, 1.54) is 0 Å². The molecule has 0 saturated carbocycles. The maximum atomic E-state index is 13.4. The molecule has 14 heteroatoms. The van der Waals surface area contributed by atoms with Gasteiger partial charge in [0.05, 0.1) is 13.2 Å². The zero-order valence-corrected chi connectivity index (χ0v) is 39.9. The normalized spacial score (nSPS) is 34.5. The van der Waals surface area contributed by atoms with Crippen molar-refractivity contribution in [2.24, 2.45) is 10.8 Å². The highest BCUT2D eigenvalue weighted by Gasteiger charge is 2.49. The van der Waals surface area contributed by atoms with Crippen molar-refractivity contribution in [2.75, 3.05) is 13.2 Å². The molecule has 2 fully saturated rings. The number of hydrogen-bond acceptors (Lipinski definition) is 14. The summed E-state index contributed by atoms with van der Waals surface area (Å²) in [5, 5.41) is 80.4. The Balaban J connectivity index is 1.29. The second kappa shape index (κ2) is 23.8. The molecular weight excluding hydrogens is 849 g/mol. The first-order valence-electron chi connectivity index (χ1n) is 22.4. The Kier molecular flexibility index (Phi) is 19.7. The molecule has 0 amide bonds. The highest BCUT2D eigenvalue weighted by molar-refractivity contribution is 6.01. The molecule has 12 atom stereocenters. The van der Waals surface area contributed by atoms with Crippen LogP contribution in [0, 0.1) is 10.8 Å². The molecule has 0 bridgehead atoms. The summed E-state index contributed by atoms with van der Waals surface area (Å²) < 4.78 is 22.7. The molecule has 4 aliphatic rings. The van der Waals surface area contributed by atoms with Crippen LogP contribution < -0.4 is 0 Å². The third-order valence-corrected chi connectivity index (χ3v) is 12.6. The number of aliphatic hydroxyl groups excluding tert-OH is 8. The quantitative estimate of drug-likeness (QED) is 0.0994. The number of carbonyl (C=O) groups is 2. The van der Waals surface area contributed by atoms with Gasteiger partial charge in [-0.05, 0) is 87.5 Å². The Hall–Kier alpha value is -4.00. The summed E-state index contributed by atoms with van der Waals surface area (Å²) >= 11 is 0. The first kappa shape index (κ1) is 54.6. The van der Waals surface area contributed by atoms with Gasteiger partial charge in [0.25, 0.3) is 0 Å². The molecule has 0 aromatic heterocycles. The lowest BCUT2D eigenvalue weighted by atomic mass is 9.71. The Bertz CT molecular complexity index is 1940. The van der Waals surface area contributed by atoms with E-state index < -0.39 is 97.7 Å². The Morgan fingerprint density at radius 3 is 1.18 bits per heavy atom. The minimum atomic E-state index is -1.60. The SMILES string of the molecule is CC1=C(/C=C/C(C)=C/C=C/C(C)=C/C=C/C=C(C)/C=C/C=C(C)/C=C/C2=C(C)C(=O)[C@@H](O[C@@H]3O[C@H](CO)[C@@H](O)C(O)C3O)CC2(C)C)C(C)(C)C[C@H](O[C@@H]2O[C@H](CO)[C@@H](O)C(O)C2O)C1=O. The van der Waals surface area contributed by atoms with E-state index in [0.717, 1.165) is 33.4 Å². The number of carbonyl (C=O) groups excluding carboxylic acids is 2. The van der Waals surface area contributed by atoms with Crippen LogP contribution in [0.25, 0.3) is 0 Å². The Morgan fingerprint density at radius 1 is 0.530 bits per heavy atom. The van der Waals surface area contributed by atoms with Crippen LogP contribution in [-0.2, 0) is 28.5 Å². The van der Waals surface area contributed by atoms with Crippen LogP contribution in [0.15, 0.2) is 130 Å². The summed E-state index contributed by atoms with van der Waals surface area (Å²) in [5.41, 5.74) is 5.81. The van der Waals surface area contributed by atoms with E-state index in [2.05, 4.69) is 0 Å². The number of ketones is 2. The van der Waals surface area contributed by atoms with E-state index in [4.69, 9.17) is 18.9 Å². The van der Waals surface area contributed by atoms with Gasteiger partial charge in [-0.15, -0.1) is 0 Å². The summed E-state index contributed by atoms with van der Waals surface area (Å²) in [5.74, 6) is -0.534. The molecule has 0 aromatic rings. The molecule has 0 aromatic carbocycles. The highest BCUT2D eigenvalue weighted by atomic mass is 16.7. The van der Waals surface area contributed by atoms with Crippen molar-refractivity contribution in [3.63, 3.8) is 0 Å². The molecule has 4 unspecified atom stereocenters. The van der Waals surface area contributed by atoms with Gasteiger partial charge in [0.1, 0.15) is 61.0 Å². The van der Waals surface area contributed by atoms with Gasteiger partial charge in [0.2, 0.25) is 0 Å². The molecular formula is C52H72O14. The van der Waals surface area contributed by atoms with Crippen molar-refractivity contribution in [3.05, 3.63) is 130 Å². The number of Topliss-reactive ketones (excluding diaryl/α,β-unsaturated/α-hetero) is 2. The summed E-state index contributed by atoms with van der Waals surface area (Å²) in [6.07, 6.45) is 11.8. The van der Waals surface area contributed by atoms with Gasteiger partial charge in [-0.1, -0.05) is 135 Å². The molecule has 8 N–H and O–H groups in total. The monoisotopic (exact) mass is 920 g/mol. The number of ether oxygens (including phenoxy) is 4. The Labute approximate surface area is 389 Å². The van der Waals surface area contributed by atoms with Gasteiger partial charge >= 0.3 is 0 Å². The molecule has 2 heterocycles. The van der Waals surface area contributed by atoms with Crippen LogP contribution in [0.5, 0.6) is 0 Å². The molecule has 14 nitrogen and oxygen atoms in total. The molecule has 4 rings (SSSR count). The number of allylic oxidation sites excluding steroid dienone is 20. The lowest BCUT2D eigenvalue weighted by Crippen LogP contribution is -2.60. The first-order chi connectivity index (χ1) is 30.9. The first-order valence-corrected chi connectivity index (χ1v) is 22.4. The second-order valence-corrected chi connectivity index (χ2v) is 19.0. The fourth-order valence-electron chi connectivity index (χ4n) is 8.47. The predicted octanol–water partition coefficient (Wildman–Crippen LogP) is 4.55. The van der Waals surface area contributed by atoms with Crippen LogP contribution in [0.4, 0.5) is 0 Å². The van der Waals surface area contributed by atoms with E-state index in [1.807, 2.05) is 140 Å². The third kappa shape index (κ3) is 13.8. The maximum Gasteiger partial charge on any atom is 0.187 e. The lowest BCUT2D eigenvalue weighted by molar-refractivity contribution is -0.309. The fraction of sp³-hybridized carbons (Fsp3) is 0.538. The zero-order valence-electron chi connectivity index (χ0n) is 39.9. The van der Waals surface area contributed by atoms with Crippen LogP contribution in [-0.4, -0.2) is 139 Å². The number of hydrogen-bond donors (Lipinski definition) is 8. The predicted molar refractivity (Wildman–Crippen MR) is 250 cm³/mol. The third-order valence-electron chi connectivity index (χ3n) is 12.6. The molecule has 364 valence electrons. The van der Waals surface area contributed by atoms with Crippen LogP contribution in [0.2, 0.25) is 0 Å². The smallest absolute Gasteiger partial charge is 0.187 e. The molecule has 0 radical (unpaired) electrons. The van der Waals surface area contributed by atoms with Crippen LogP contribution in [0.1, 0.15) is 82.1 Å². The van der Waals surface area contributed by atoms with Crippen molar-refractivity contribution in [1.82, 2.24) is 0 Å². The summed E-state index contributed by atoms with van der Waals surface area (Å²) in [4.78, 5) is 26.8. The van der Waals surface area contributed by atoms with E-state index in [0.29, 0.717) is 24.0 Å². The Morgan fingerprint density at radius 2 is 0.848 bits per heavy atom. The average Bonchev–Trinajstić information content (AvgIpc) is 3.25. The van der Waals surface area contributed by atoms with Gasteiger partial charge in [0.15, 0.2) is 24.1 Å². The minimum absolute atomic E-state index is 0.267. The van der Waals surface area contributed by atoms with E-state index in [9.17, 15) is 50.4 Å². The van der Waals surface area contributed by atoms with Gasteiger partial charge in [-0.25, -0.2) is 0 Å². The van der Waals surface area contributed by atoms with E-state index in [1.54, 1.807) is 13.8 Å². The van der Waals surface area contributed by atoms with Crippen molar-refractivity contribution in [3.8, 4) is 0 Å². The van der Waals surface area contributed by atoms with Crippen molar-refractivity contribution >= 4 is 11.6 Å². The largest absolute Gasteiger partial charge is 0.394 e. The minimum Gasteiger partial charge on any atom is -0.394 e. The van der Waals surface area contributed by atoms with E-state index >= 15 is 0 Å². The zero-order chi connectivity index (χ0) is 49.3. The lowest BCUT2D eigenvalue weighted by Gasteiger charge is -2.43. The van der Waals surface area contributed by atoms with Gasteiger partial charge in [-0.2, -0.15) is 0 Å². The van der Waals surface area contributed by atoms with Crippen molar-refractivity contribution < 1.29 is 69.4 Å². The van der Waals surface area contributed by atoms with E-state index in [-0.39, 0.29) is 11.6 Å². The molecule has 0 spiro atoms. The average molecular weight is 921 g/mol. The second-order valence-electron chi connectivity index (χ2n) is 19.0. The van der Waals surface area contributed by atoms with Crippen molar-refractivity contribution in [2.45, 2.75) is 156 Å². The fourth-order valence-corrected chi connectivity index (χ4v) is 8.47. The van der Waals surface area contributed by atoms with Gasteiger partial charge in [0, 0.05) is 0 Å². The van der Waals surface area contributed by atoms with Crippen LogP contribution >= 0.6 is 0 Å². The summed E-state index contributed by atoms with van der Waals surface area (Å²) in [6, 6.07) is 0. The molecule has 2 aliphatic carbocycles. The molecule has 2 aliphatic heterocycles. The topological polar surface area (TPSA) is 233 Å². The standard InChI is InChI=1S/C52H72O14/c1-29(17-13-19-31(3)21-23-35-33(5)41(55)37(25-51(35,7)8)63-49-47(61)45(59)43(57)39(27-53)65-49)15-11-12-16-30(2)18-14-20-32(4)22-24-36-34(6)42(56)38(26-52(36,9)10)64-50-48(62)46(60)44(58)40(28-54)66-50/h11-24,37-40,43-50,53-54,57-62H,25-28H2,1-10H3/b12-11+,17-13+,18-14+,23-21+,24-22+,29-15+,30-16+,31-19+,32-20+/t37-,38-,39+,40+,43+,44+,45?,46?,47?,48?,49+,50+/m0/s1. The van der Waals surface area contributed by atoms with Crippen LogP contribution in [0.3, 0.4) is 0 Å². The van der Waals surface area contributed by atoms with Crippen molar-refractivity contribution in [1.29, 1.82) is 0 Å². The maximum absolute atomic E-state index is 13.4. The summed E-state index contributed by atoms with van der Waals surface area (Å²) in [6.45, 7) is 18.2. The number of rotatable bonds is 16. The molecule has 2 saturated heterocycles. The summed E-state index contributed by atoms with van der Waals surface area (Å²) in [7, 11) is 0.